The third-order valence-electron chi connectivity index (χ3n) is 12.1. The van der Waals surface area contributed by atoms with Crippen molar-refractivity contribution in [3.8, 4) is 55.6 Å². The molecule has 4 aliphatic rings. The molecule has 0 aliphatic heterocycles. The van der Waals surface area contributed by atoms with E-state index in [0.29, 0.717) is 11.8 Å². The molecule has 0 heterocycles. The highest BCUT2D eigenvalue weighted by Crippen LogP contribution is 2.58. The molecule has 6 bridgehead atoms. The van der Waals surface area contributed by atoms with E-state index < -0.39 is 0 Å². The average molecular weight is 702 g/mol. The van der Waals surface area contributed by atoms with Gasteiger partial charge in [-0.1, -0.05) is 176 Å². The van der Waals surface area contributed by atoms with Gasteiger partial charge in [0.1, 0.15) is 0 Å². The van der Waals surface area contributed by atoms with Crippen LogP contribution in [0.1, 0.15) is 34.9 Å². The van der Waals surface area contributed by atoms with Crippen molar-refractivity contribution < 1.29 is 0 Å². The standard InChI is InChI=1S/C54H39N/c1-3-12-36(13-4-1)38-24-29-42(30-25-38)55(44-17-9-16-40(34-44)37-14-5-2-6-15-37)43-31-26-39(27-32-43)41-28-33-46-49-21-11-22-50-51-23-10-20-48(54(51)52(46)35-41)45-18-7-8-19-47(45)53(49)50/h1-29,31-35,42,45,47H,30H2/t42-,45?,47?/m0/s1. The zero-order valence-electron chi connectivity index (χ0n) is 30.5. The molecule has 0 saturated carbocycles. The van der Waals surface area contributed by atoms with Gasteiger partial charge in [-0.15, -0.1) is 0 Å². The Balaban J connectivity index is 0.993. The Hall–Kier alpha value is -6.70. The molecule has 0 amide bonds. The van der Waals surface area contributed by atoms with Crippen LogP contribution in [0.4, 0.5) is 11.4 Å². The normalized spacial score (nSPS) is 18.2. The number of benzene rings is 7. The van der Waals surface area contributed by atoms with Crippen molar-refractivity contribution in [3.05, 3.63) is 223 Å². The maximum Gasteiger partial charge on any atom is 0.0560 e. The summed E-state index contributed by atoms with van der Waals surface area (Å²) in [7, 11) is 0. The van der Waals surface area contributed by atoms with Crippen LogP contribution in [0.2, 0.25) is 0 Å². The lowest BCUT2D eigenvalue weighted by molar-refractivity contribution is 0.738. The first-order valence-electron chi connectivity index (χ1n) is 19.5. The van der Waals surface area contributed by atoms with Crippen molar-refractivity contribution >= 4 is 16.9 Å². The van der Waals surface area contributed by atoms with Gasteiger partial charge in [0.25, 0.3) is 0 Å². The molecule has 0 spiro atoms. The molecule has 260 valence electrons. The number of rotatable bonds is 6. The van der Waals surface area contributed by atoms with Crippen molar-refractivity contribution in [3.63, 3.8) is 0 Å². The van der Waals surface area contributed by atoms with E-state index in [1.54, 1.807) is 0 Å². The molecule has 55 heavy (non-hydrogen) atoms. The van der Waals surface area contributed by atoms with Crippen LogP contribution in [0.5, 0.6) is 0 Å². The Morgan fingerprint density at radius 3 is 1.84 bits per heavy atom. The lowest BCUT2D eigenvalue weighted by Gasteiger charge is -2.33. The summed E-state index contributed by atoms with van der Waals surface area (Å²) in [6.45, 7) is 0. The molecule has 7 aromatic rings. The first-order chi connectivity index (χ1) is 27.3. The summed E-state index contributed by atoms with van der Waals surface area (Å²) in [5.41, 5.74) is 20.9. The summed E-state index contributed by atoms with van der Waals surface area (Å²) < 4.78 is 0. The van der Waals surface area contributed by atoms with Gasteiger partial charge >= 0.3 is 0 Å². The molecule has 11 rings (SSSR count). The first-order valence-corrected chi connectivity index (χ1v) is 19.5. The minimum Gasteiger partial charge on any atom is -0.334 e. The van der Waals surface area contributed by atoms with Crippen LogP contribution in [0.3, 0.4) is 0 Å². The number of nitrogens with zero attached hydrogens (tertiary/aromatic N) is 1. The minimum atomic E-state index is 0.175. The van der Waals surface area contributed by atoms with Crippen LogP contribution in [0, 0.1) is 0 Å². The second-order valence-corrected chi connectivity index (χ2v) is 15.1. The second-order valence-electron chi connectivity index (χ2n) is 15.1. The van der Waals surface area contributed by atoms with Gasteiger partial charge in [-0.3, -0.25) is 0 Å². The van der Waals surface area contributed by atoms with Gasteiger partial charge in [-0.05, 0) is 115 Å². The highest BCUT2D eigenvalue weighted by molar-refractivity contribution is 6.02. The van der Waals surface area contributed by atoms with E-state index in [9.17, 15) is 0 Å². The molecule has 3 atom stereocenters. The van der Waals surface area contributed by atoms with Crippen LogP contribution in [-0.2, 0) is 0 Å². The summed E-state index contributed by atoms with van der Waals surface area (Å²) in [6, 6.07) is 60.9. The van der Waals surface area contributed by atoms with E-state index in [1.807, 2.05) is 0 Å². The summed E-state index contributed by atoms with van der Waals surface area (Å²) in [6.07, 6.45) is 17.3. The van der Waals surface area contributed by atoms with Gasteiger partial charge in [-0.25, -0.2) is 0 Å². The van der Waals surface area contributed by atoms with E-state index in [4.69, 9.17) is 0 Å². The fourth-order valence-electron chi connectivity index (χ4n) is 9.57. The fraction of sp³-hybridized carbons (Fsp3) is 0.0741. The maximum atomic E-state index is 2.51. The van der Waals surface area contributed by atoms with Crippen LogP contribution in [0.15, 0.2) is 206 Å². The fourth-order valence-corrected chi connectivity index (χ4v) is 9.57. The molecule has 1 heteroatoms. The van der Waals surface area contributed by atoms with Gasteiger partial charge in [0.15, 0.2) is 0 Å². The van der Waals surface area contributed by atoms with E-state index in [0.717, 1.165) is 6.42 Å². The highest BCUT2D eigenvalue weighted by atomic mass is 15.2. The van der Waals surface area contributed by atoms with E-state index >= 15 is 0 Å². The average Bonchev–Trinajstić information content (AvgIpc) is 3.37. The molecule has 0 aromatic heterocycles. The molecule has 0 saturated heterocycles. The molecule has 1 nitrogen and oxygen atoms in total. The third-order valence-corrected chi connectivity index (χ3v) is 12.1. The van der Waals surface area contributed by atoms with Crippen LogP contribution in [0.25, 0.3) is 61.2 Å². The van der Waals surface area contributed by atoms with Crippen molar-refractivity contribution in [2.45, 2.75) is 24.3 Å². The smallest absolute Gasteiger partial charge is 0.0560 e. The van der Waals surface area contributed by atoms with E-state index in [-0.39, 0.29) is 6.04 Å². The molecular formula is C54H39N. The molecule has 4 aliphatic carbocycles. The van der Waals surface area contributed by atoms with E-state index in [1.165, 1.54) is 89.3 Å². The number of hydrogen-bond acceptors (Lipinski definition) is 1. The lowest BCUT2D eigenvalue weighted by Crippen LogP contribution is -2.30. The lowest BCUT2D eigenvalue weighted by atomic mass is 9.73. The van der Waals surface area contributed by atoms with Gasteiger partial charge in [-0.2, -0.15) is 0 Å². The Bertz CT molecular complexity index is 2730. The van der Waals surface area contributed by atoms with Gasteiger partial charge in [0.05, 0.1) is 6.04 Å². The second kappa shape index (κ2) is 13.0. The number of allylic oxidation sites excluding steroid dienone is 6. The molecule has 0 radical (unpaired) electrons. The van der Waals surface area contributed by atoms with Crippen molar-refractivity contribution in [1.82, 2.24) is 0 Å². The SMILES string of the molecule is C1=CC2c3cccc4c3-c3cc(-c5ccc(N(c6cccc(-c7ccccc7)c6)[C@H]6C=CC(c7ccccc7)=CC6)cc5)ccc3-c3cccc-4c3C2C=C1. The maximum absolute atomic E-state index is 2.51. The quantitative estimate of drug-likeness (QED) is 0.167. The molecular weight excluding hydrogens is 663 g/mol. The highest BCUT2D eigenvalue weighted by Gasteiger charge is 2.37. The van der Waals surface area contributed by atoms with Crippen LogP contribution >= 0.6 is 0 Å². The zero-order valence-corrected chi connectivity index (χ0v) is 30.5. The summed E-state index contributed by atoms with van der Waals surface area (Å²) in [5, 5.41) is 0. The predicted octanol–water partition coefficient (Wildman–Crippen LogP) is 14.2. The van der Waals surface area contributed by atoms with Crippen LogP contribution in [-0.4, -0.2) is 6.04 Å². The molecule has 7 aromatic carbocycles. The van der Waals surface area contributed by atoms with Crippen molar-refractivity contribution in [2.75, 3.05) is 4.90 Å². The summed E-state index contributed by atoms with van der Waals surface area (Å²) >= 11 is 0. The Morgan fingerprint density at radius 2 is 1.05 bits per heavy atom. The predicted molar refractivity (Wildman–Crippen MR) is 231 cm³/mol. The Morgan fingerprint density at radius 1 is 0.418 bits per heavy atom. The zero-order chi connectivity index (χ0) is 36.3. The third kappa shape index (κ3) is 5.30. The van der Waals surface area contributed by atoms with Gasteiger partial charge in [0.2, 0.25) is 0 Å². The summed E-state index contributed by atoms with van der Waals surface area (Å²) in [5.74, 6) is 0.670. The molecule has 2 unspecified atom stereocenters. The molecule has 0 N–H and O–H groups in total. The van der Waals surface area contributed by atoms with E-state index in [2.05, 4.69) is 211 Å². The Kier molecular flexibility index (Phi) is 7.52. The van der Waals surface area contributed by atoms with Crippen LogP contribution < -0.4 is 4.90 Å². The monoisotopic (exact) mass is 701 g/mol. The Labute approximate surface area is 323 Å². The number of hydrogen-bond donors (Lipinski definition) is 0. The summed E-state index contributed by atoms with van der Waals surface area (Å²) in [4.78, 5) is 2.51. The van der Waals surface area contributed by atoms with Gasteiger partial charge in [0, 0.05) is 23.2 Å². The molecule has 0 fully saturated rings. The van der Waals surface area contributed by atoms with Gasteiger partial charge < -0.3 is 4.90 Å². The van der Waals surface area contributed by atoms with Crippen molar-refractivity contribution in [2.24, 2.45) is 0 Å². The number of fused-ring (bicyclic) bond motifs is 4. The van der Waals surface area contributed by atoms with Crippen molar-refractivity contribution in [1.29, 1.82) is 0 Å². The minimum absolute atomic E-state index is 0.175. The number of anilines is 2. The first kappa shape index (κ1) is 31.8. The largest absolute Gasteiger partial charge is 0.334 e. The topological polar surface area (TPSA) is 3.24 Å².